The summed E-state index contributed by atoms with van der Waals surface area (Å²) >= 11 is 3.42. The number of aryl methyl sites for hydroxylation is 2. The summed E-state index contributed by atoms with van der Waals surface area (Å²) in [6.07, 6.45) is -2.30. The van der Waals surface area contributed by atoms with Gasteiger partial charge < -0.3 is 0 Å². The SMILES string of the molecule is Cc1cc(CC(C)(C)C(F)(F)F)sc1Cc1c(CC(C)(C)C)sc(C)c1C. The molecule has 0 N–H and O–H groups in total. The Hall–Kier alpha value is -0.810. The molecule has 0 fully saturated rings. The Labute approximate surface area is 169 Å². The van der Waals surface area contributed by atoms with Crippen LogP contribution < -0.4 is 0 Å². The third-order valence-electron chi connectivity index (χ3n) is 5.08. The molecule has 2 aromatic rings. The zero-order chi connectivity index (χ0) is 20.8. The average molecular weight is 417 g/mol. The predicted octanol–water partition coefficient (Wildman–Crippen LogP) is 8.05. The van der Waals surface area contributed by atoms with E-state index < -0.39 is 11.6 Å². The van der Waals surface area contributed by atoms with Gasteiger partial charge in [0.15, 0.2) is 0 Å². The number of thiophene rings is 2. The fourth-order valence-electron chi connectivity index (χ4n) is 3.15. The number of hydrogen-bond acceptors (Lipinski definition) is 2. The maximum Gasteiger partial charge on any atom is 0.394 e. The van der Waals surface area contributed by atoms with E-state index in [1.54, 1.807) is 11.3 Å². The molecule has 2 aromatic heterocycles. The van der Waals surface area contributed by atoms with Crippen LogP contribution in [-0.2, 0) is 19.3 Å². The Bertz CT molecular complexity index is 799. The maximum atomic E-state index is 13.2. The van der Waals surface area contributed by atoms with Crippen LogP contribution >= 0.6 is 22.7 Å². The van der Waals surface area contributed by atoms with Crippen LogP contribution in [0.1, 0.15) is 70.8 Å². The van der Waals surface area contributed by atoms with Crippen molar-refractivity contribution in [2.75, 3.05) is 0 Å². The van der Waals surface area contributed by atoms with Crippen molar-refractivity contribution in [2.24, 2.45) is 10.8 Å². The van der Waals surface area contributed by atoms with Crippen molar-refractivity contribution in [3.63, 3.8) is 0 Å². The standard InChI is InChI=1S/C22H31F3S2/c1-13-9-16(11-21(7,8)22(23,24)25)27-18(13)10-17-14(2)15(3)26-19(17)12-20(4,5)6/h9H,10-12H2,1-8H3. The van der Waals surface area contributed by atoms with E-state index >= 15 is 0 Å². The zero-order valence-corrected chi connectivity index (χ0v) is 19.3. The van der Waals surface area contributed by atoms with Gasteiger partial charge in [-0.25, -0.2) is 0 Å². The number of rotatable bonds is 5. The molecule has 0 unspecified atom stereocenters. The number of alkyl halides is 3. The molecule has 0 spiro atoms. The quantitative estimate of drug-likeness (QED) is 0.462. The van der Waals surface area contributed by atoms with Crippen LogP contribution in [0.4, 0.5) is 13.2 Å². The van der Waals surface area contributed by atoms with Gasteiger partial charge in [-0.2, -0.15) is 13.2 Å². The molecule has 0 saturated heterocycles. The first-order chi connectivity index (χ1) is 12.1. The number of hydrogen-bond donors (Lipinski definition) is 0. The van der Waals surface area contributed by atoms with Gasteiger partial charge in [0.05, 0.1) is 5.41 Å². The van der Waals surface area contributed by atoms with E-state index in [-0.39, 0.29) is 11.8 Å². The minimum Gasteiger partial charge on any atom is -0.171 e. The lowest BCUT2D eigenvalue weighted by molar-refractivity contribution is -0.210. The molecule has 0 aliphatic rings. The fourth-order valence-corrected chi connectivity index (χ4v) is 6.07. The minimum absolute atomic E-state index is 0.0402. The summed E-state index contributed by atoms with van der Waals surface area (Å²) in [6.45, 7) is 15.7. The minimum atomic E-state index is -4.19. The van der Waals surface area contributed by atoms with Gasteiger partial charge in [-0.1, -0.05) is 34.6 Å². The molecule has 0 bridgehead atoms. The summed E-state index contributed by atoms with van der Waals surface area (Å²) in [5.74, 6) is 0. The molecular formula is C22H31F3S2. The van der Waals surface area contributed by atoms with Crippen molar-refractivity contribution >= 4 is 22.7 Å². The Morgan fingerprint density at radius 2 is 1.44 bits per heavy atom. The first-order valence-electron chi connectivity index (χ1n) is 9.33. The Balaban J connectivity index is 2.31. The normalized spacial score (nSPS) is 13.4. The van der Waals surface area contributed by atoms with Crippen LogP contribution in [0.25, 0.3) is 0 Å². The van der Waals surface area contributed by atoms with E-state index in [0.717, 1.165) is 23.3 Å². The predicted molar refractivity (Wildman–Crippen MR) is 112 cm³/mol. The van der Waals surface area contributed by atoms with Crippen molar-refractivity contribution in [1.82, 2.24) is 0 Å². The third-order valence-corrected chi connectivity index (χ3v) is 7.56. The lowest BCUT2D eigenvalue weighted by atomic mass is 9.88. The summed E-state index contributed by atoms with van der Waals surface area (Å²) in [5.41, 5.74) is 2.33. The van der Waals surface area contributed by atoms with Gasteiger partial charge >= 0.3 is 6.18 Å². The van der Waals surface area contributed by atoms with Crippen LogP contribution in [0.3, 0.4) is 0 Å². The van der Waals surface area contributed by atoms with Crippen molar-refractivity contribution in [3.05, 3.63) is 42.3 Å². The lowest BCUT2D eigenvalue weighted by Crippen LogP contribution is -2.33. The molecule has 2 heterocycles. The summed E-state index contributed by atoms with van der Waals surface area (Å²) in [6, 6.07) is 1.95. The Morgan fingerprint density at radius 3 is 1.96 bits per heavy atom. The highest BCUT2D eigenvalue weighted by Crippen LogP contribution is 2.42. The van der Waals surface area contributed by atoms with Gasteiger partial charge in [-0.3, -0.25) is 0 Å². The van der Waals surface area contributed by atoms with Gasteiger partial charge in [0, 0.05) is 25.9 Å². The van der Waals surface area contributed by atoms with Crippen LogP contribution in [-0.4, -0.2) is 6.18 Å². The van der Waals surface area contributed by atoms with Gasteiger partial charge in [0.2, 0.25) is 0 Å². The summed E-state index contributed by atoms with van der Waals surface area (Å²) < 4.78 is 39.7. The lowest BCUT2D eigenvalue weighted by Gasteiger charge is -2.27. The molecule has 0 atom stereocenters. The molecule has 152 valence electrons. The van der Waals surface area contributed by atoms with Gasteiger partial charge in [0.25, 0.3) is 0 Å². The average Bonchev–Trinajstić information content (AvgIpc) is 2.90. The van der Waals surface area contributed by atoms with Gasteiger partial charge in [-0.05, 0) is 61.8 Å². The van der Waals surface area contributed by atoms with Crippen LogP contribution in [0.5, 0.6) is 0 Å². The van der Waals surface area contributed by atoms with Crippen molar-refractivity contribution in [2.45, 2.75) is 80.8 Å². The molecule has 2 rings (SSSR count). The summed E-state index contributed by atoms with van der Waals surface area (Å²) in [5, 5.41) is 0. The molecule has 0 saturated carbocycles. The van der Waals surface area contributed by atoms with Crippen LogP contribution in [0.15, 0.2) is 6.07 Å². The Morgan fingerprint density at radius 1 is 0.852 bits per heavy atom. The van der Waals surface area contributed by atoms with E-state index in [0.29, 0.717) is 0 Å². The molecule has 0 aliphatic carbocycles. The highest BCUT2D eigenvalue weighted by Gasteiger charge is 2.47. The second kappa shape index (κ2) is 7.55. The van der Waals surface area contributed by atoms with Crippen molar-refractivity contribution in [3.8, 4) is 0 Å². The molecule has 0 aromatic carbocycles. The second-order valence-electron chi connectivity index (χ2n) is 9.48. The molecule has 0 aliphatic heterocycles. The van der Waals surface area contributed by atoms with Gasteiger partial charge in [0.1, 0.15) is 0 Å². The largest absolute Gasteiger partial charge is 0.394 e. The van der Waals surface area contributed by atoms with Gasteiger partial charge in [-0.15, -0.1) is 22.7 Å². The van der Waals surface area contributed by atoms with E-state index in [9.17, 15) is 13.2 Å². The van der Waals surface area contributed by atoms with E-state index in [4.69, 9.17) is 0 Å². The smallest absolute Gasteiger partial charge is 0.171 e. The zero-order valence-electron chi connectivity index (χ0n) is 17.6. The summed E-state index contributed by atoms with van der Waals surface area (Å²) in [7, 11) is 0. The first kappa shape index (κ1) is 22.5. The monoisotopic (exact) mass is 416 g/mol. The van der Waals surface area contributed by atoms with E-state index in [1.807, 2.05) is 24.3 Å². The van der Waals surface area contributed by atoms with Crippen molar-refractivity contribution in [1.29, 1.82) is 0 Å². The highest BCUT2D eigenvalue weighted by molar-refractivity contribution is 7.12. The van der Waals surface area contributed by atoms with Crippen LogP contribution in [0, 0.1) is 31.6 Å². The molecule has 27 heavy (non-hydrogen) atoms. The molecule has 0 nitrogen and oxygen atoms in total. The van der Waals surface area contributed by atoms with Crippen LogP contribution in [0.2, 0.25) is 0 Å². The summed E-state index contributed by atoms with van der Waals surface area (Å²) in [4.78, 5) is 4.78. The molecule has 0 amide bonds. The van der Waals surface area contributed by atoms with E-state index in [2.05, 4.69) is 34.6 Å². The van der Waals surface area contributed by atoms with E-state index in [1.165, 1.54) is 39.6 Å². The third kappa shape index (κ3) is 5.38. The topological polar surface area (TPSA) is 0 Å². The highest BCUT2D eigenvalue weighted by atomic mass is 32.1. The Kier molecular flexibility index (Phi) is 6.28. The maximum absolute atomic E-state index is 13.2. The molecule has 0 radical (unpaired) electrons. The van der Waals surface area contributed by atoms with Crippen molar-refractivity contribution < 1.29 is 13.2 Å². The second-order valence-corrected chi connectivity index (χ2v) is 12.0. The first-order valence-corrected chi connectivity index (χ1v) is 11.0. The molecular weight excluding hydrogens is 385 g/mol. The molecule has 5 heteroatoms. The number of halogens is 3. The fraction of sp³-hybridized carbons (Fsp3) is 0.636.